The summed E-state index contributed by atoms with van der Waals surface area (Å²) in [5, 5.41) is 6.01. The van der Waals surface area contributed by atoms with Gasteiger partial charge in [-0.1, -0.05) is 0 Å². The first-order valence-electron chi connectivity index (χ1n) is 9.88. The Kier molecular flexibility index (Phi) is 4.43. The highest BCUT2D eigenvalue weighted by atomic mass is 32.1. The van der Waals surface area contributed by atoms with Crippen LogP contribution in [0, 0.1) is 6.92 Å². The highest BCUT2D eigenvalue weighted by molar-refractivity contribution is 7.13. The summed E-state index contributed by atoms with van der Waals surface area (Å²) in [6.07, 6.45) is 7.41. The summed E-state index contributed by atoms with van der Waals surface area (Å²) in [7, 11) is 0. The molecule has 3 aromatic rings. The molecule has 0 bridgehead atoms. The van der Waals surface area contributed by atoms with Crippen LogP contribution in [0.5, 0.6) is 0 Å². The third-order valence-corrected chi connectivity index (χ3v) is 6.44. The summed E-state index contributed by atoms with van der Waals surface area (Å²) >= 11 is 1.57. The van der Waals surface area contributed by atoms with Crippen LogP contribution in [0.2, 0.25) is 0 Å². The summed E-state index contributed by atoms with van der Waals surface area (Å²) in [5.41, 5.74) is 2.63. The van der Waals surface area contributed by atoms with Crippen molar-refractivity contribution in [2.45, 2.75) is 32.2 Å². The van der Waals surface area contributed by atoms with Crippen molar-refractivity contribution in [3.05, 3.63) is 41.3 Å². The van der Waals surface area contributed by atoms with Crippen molar-refractivity contribution in [3.63, 3.8) is 0 Å². The van der Waals surface area contributed by atoms with Gasteiger partial charge in [-0.2, -0.15) is 0 Å². The molecule has 1 atom stereocenters. The van der Waals surface area contributed by atoms with Gasteiger partial charge in [0.05, 0.1) is 11.2 Å². The summed E-state index contributed by atoms with van der Waals surface area (Å²) in [4.78, 5) is 26.5. The third kappa shape index (κ3) is 3.22. The van der Waals surface area contributed by atoms with E-state index in [2.05, 4.69) is 30.6 Å². The largest absolute Gasteiger partial charge is 0.353 e. The standard InChI is InChI=1S/C20H24N6OS/c1-14-11-25-9-4-5-17(25)18(21-14)26-10-6-15(12-26)22-19(27)16-13-28-20(23-16)24-7-2-3-8-24/h4-5,9,11,13,15H,2-3,6-8,10,12H2,1H3,(H,22,27)/t15-/m0/s1. The highest BCUT2D eigenvalue weighted by Crippen LogP contribution is 2.26. The van der Waals surface area contributed by atoms with Crippen molar-refractivity contribution >= 4 is 33.7 Å². The first-order valence-corrected chi connectivity index (χ1v) is 10.8. The number of aromatic nitrogens is 3. The number of nitrogens with zero attached hydrogens (tertiary/aromatic N) is 5. The monoisotopic (exact) mass is 396 g/mol. The Morgan fingerprint density at radius 2 is 2.07 bits per heavy atom. The molecule has 0 saturated carbocycles. The molecule has 2 aliphatic rings. The van der Waals surface area contributed by atoms with Crippen molar-refractivity contribution in [2.24, 2.45) is 0 Å². The number of carbonyl (C=O) groups is 1. The van der Waals surface area contributed by atoms with Crippen LogP contribution < -0.4 is 15.1 Å². The predicted molar refractivity (Wildman–Crippen MR) is 112 cm³/mol. The van der Waals surface area contributed by atoms with Crippen LogP contribution >= 0.6 is 11.3 Å². The quantitative estimate of drug-likeness (QED) is 0.735. The van der Waals surface area contributed by atoms with Crippen LogP contribution in [0.4, 0.5) is 10.9 Å². The lowest BCUT2D eigenvalue weighted by molar-refractivity contribution is 0.0936. The summed E-state index contributed by atoms with van der Waals surface area (Å²) < 4.78 is 2.11. The molecule has 1 N–H and O–H groups in total. The fourth-order valence-electron chi connectivity index (χ4n) is 4.14. The average Bonchev–Trinajstić information content (AvgIpc) is 3.46. The highest BCUT2D eigenvalue weighted by Gasteiger charge is 2.27. The van der Waals surface area contributed by atoms with Crippen LogP contribution in [0.25, 0.3) is 5.52 Å². The number of carbonyl (C=O) groups excluding carboxylic acids is 1. The van der Waals surface area contributed by atoms with Gasteiger partial charge in [0.1, 0.15) is 5.69 Å². The van der Waals surface area contributed by atoms with E-state index in [1.54, 1.807) is 11.3 Å². The van der Waals surface area contributed by atoms with Gasteiger partial charge in [0.15, 0.2) is 10.9 Å². The fraction of sp³-hybridized carbons (Fsp3) is 0.450. The summed E-state index contributed by atoms with van der Waals surface area (Å²) in [5.74, 6) is 0.922. The molecule has 2 saturated heterocycles. The number of rotatable bonds is 4. The van der Waals surface area contributed by atoms with E-state index in [1.165, 1.54) is 12.8 Å². The van der Waals surface area contributed by atoms with E-state index in [0.717, 1.165) is 54.8 Å². The Hall–Kier alpha value is -2.61. The first kappa shape index (κ1) is 17.5. The van der Waals surface area contributed by atoms with Gasteiger partial charge in [0.2, 0.25) is 0 Å². The van der Waals surface area contributed by atoms with Crippen molar-refractivity contribution < 1.29 is 4.79 Å². The minimum Gasteiger partial charge on any atom is -0.353 e. The van der Waals surface area contributed by atoms with E-state index in [0.29, 0.717) is 5.69 Å². The normalized spacial score (nSPS) is 19.7. The van der Waals surface area contributed by atoms with Crippen LogP contribution in [0.15, 0.2) is 29.9 Å². The molecule has 0 spiro atoms. The minimum absolute atomic E-state index is 0.0708. The zero-order chi connectivity index (χ0) is 19.1. The Labute approximate surface area is 168 Å². The van der Waals surface area contributed by atoms with Crippen LogP contribution in [0.3, 0.4) is 0 Å². The van der Waals surface area contributed by atoms with E-state index in [9.17, 15) is 4.79 Å². The number of thiazole rings is 1. The van der Waals surface area contributed by atoms with Crippen molar-refractivity contribution in [1.82, 2.24) is 19.7 Å². The predicted octanol–water partition coefficient (Wildman–Crippen LogP) is 2.71. The van der Waals surface area contributed by atoms with E-state index in [1.807, 2.05) is 30.8 Å². The summed E-state index contributed by atoms with van der Waals surface area (Å²) in [6.45, 7) is 5.76. The zero-order valence-electron chi connectivity index (χ0n) is 16.0. The molecule has 28 heavy (non-hydrogen) atoms. The Bertz CT molecular complexity index is 1010. The first-order chi connectivity index (χ1) is 13.7. The van der Waals surface area contributed by atoms with E-state index in [4.69, 9.17) is 4.98 Å². The third-order valence-electron chi connectivity index (χ3n) is 5.54. The molecule has 1 amide bonds. The molecule has 0 radical (unpaired) electrons. The van der Waals surface area contributed by atoms with Gasteiger partial charge < -0.3 is 19.5 Å². The molecule has 8 heteroatoms. The van der Waals surface area contributed by atoms with E-state index >= 15 is 0 Å². The second kappa shape index (κ2) is 7.09. The zero-order valence-corrected chi connectivity index (χ0v) is 16.8. The van der Waals surface area contributed by atoms with E-state index < -0.39 is 0 Å². The van der Waals surface area contributed by atoms with Crippen LogP contribution in [0.1, 0.15) is 35.4 Å². The second-order valence-electron chi connectivity index (χ2n) is 7.62. The molecular formula is C20H24N6OS. The molecule has 2 fully saturated rings. The lowest BCUT2D eigenvalue weighted by Gasteiger charge is -2.19. The Morgan fingerprint density at radius 1 is 1.21 bits per heavy atom. The maximum absolute atomic E-state index is 12.7. The van der Waals surface area contributed by atoms with Gasteiger partial charge in [-0.3, -0.25) is 4.79 Å². The lowest BCUT2D eigenvalue weighted by Crippen LogP contribution is -2.37. The van der Waals surface area contributed by atoms with Crippen molar-refractivity contribution in [1.29, 1.82) is 0 Å². The number of aryl methyl sites for hydroxylation is 1. The maximum atomic E-state index is 12.7. The molecule has 0 aliphatic carbocycles. The van der Waals surface area contributed by atoms with Gasteiger partial charge in [0, 0.05) is 50.0 Å². The molecule has 0 unspecified atom stereocenters. The van der Waals surface area contributed by atoms with Gasteiger partial charge in [0.25, 0.3) is 5.91 Å². The Morgan fingerprint density at radius 3 is 2.93 bits per heavy atom. The molecule has 5 heterocycles. The molecule has 3 aromatic heterocycles. The van der Waals surface area contributed by atoms with Gasteiger partial charge in [-0.15, -0.1) is 11.3 Å². The van der Waals surface area contributed by atoms with Gasteiger partial charge in [-0.05, 0) is 38.3 Å². The number of anilines is 2. The fourth-order valence-corrected chi connectivity index (χ4v) is 4.99. The van der Waals surface area contributed by atoms with Crippen molar-refractivity contribution in [2.75, 3.05) is 36.0 Å². The molecular weight excluding hydrogens is 372 g/mol. The van der Waals surface area contributed by atoms with E-state index in [-0.39, 0.29) is 11.9 Å². The average molecular weight is 397 g/mol. The molecule has 5 rings (SSSR count). The smallest absolute Gasteiger partial charge is 0.271 e. The maximum Gasteiger partial charge on any atom is 0.271 e. The van der Waals surface area contributed by atoms with Gasteiger partial charge >= 0.3 is 0 Å². The number of nitrogens with one attached hydrogen (secondary N) is 1. The molecule has 7 nitrogen and oxygen atoms in total. The summed E-state index contributed by atoms with van der Waals surface area (Å²) in [6, 6.07) is 4.24. The lowest BCUT2D eigenvalue weighted by atomic mass is 10.2. The minimum atomic E-state index is -0.0708. The van der Waals surface area contributed by atoms with Crippen LogP contribution in [-0.2, 0) is 0 Å². The molecule has 146 valence electrons. The number of hydrogen-bond acceptors (Lipinski definition) is 6. The number of amides is 1. The SMILES string of the molecule is Cc1cn2cccc2c(N2CC[C@H](NC(=O)c3csc(N4CCCC4)n3)C2)n1. The topological polar surface area (TPSA) is 65.8 Å². The van der Waals surface area contributed by atoms with Crippen LogP contribution in [-0.4, -0.2) is 52.5 Å². The second-order valence-corrected chi connectivity index (χ2v) is 8.46. The number of fused-ring (bicyclic) bond motifs is 1. The van der Waals surface area contributed by atoms with Crippen molar-refractivity contribution in [3.8, 4) is 0 Å². The Balaban J connectivity index is 1.26. The molecule has 2 aliphatic heterocycles. The number of hydrogen-bond donors (Lipinski definition) is 1. The van der Waals surface area contributed by atoms with Gasteiger partial charge in [-0.25, -0.2) is 9.97 Å². The molecule has 0 aromatic carbocycles.